The highest BCUT2D eigenvalue weighted by atomic mass is 16.2. The SMILES string of the molecule is C=CC(=O)NCC1Cc2ccccc2NC1=O. The molecule has 1 aromatic carbocycles. The Bertz CT molecular complexity index is 468. The molecule has 0 saturated heterocycles. The Kier molecular flexibility index (Phi) is 3.23. The molecule has 0 aliphatic carbocycles. The zero-order valence-corrected chi connectivity index (χ0v) is 9.40. The predicted molar refractivity (Wildman–Crippen MR) is 65.5 cm³/mol. The number of anilines is 1. The summed E-state index contributed by atoms with van der Waals surface area (Å²) in [6.07, 6.45) is 1.86. The summed E-state index contributed by atoms with van der Waals surface area (Å²) < 4.78 is 0. The van der Waals surface area contributed by atoms with Gasteiger partial charge in [-0.15, -0.1) is 0 Å². The molecule has 0 fully saturated rings. The standard InChI is InChI=1S/C13H14N2O2/c1-2-12(16)14-8-10-7-9-5-3-4-6-11(9)15-13(10)17/h2-6,10H,1,7-8H2,(H,14,16)(H,15,17). The quantitative estimate of drug-likeness (QED) is 0.764. The maximum absolute atomic E-state index is 11.8. The molecule has 1 heterocycles. The van der Waals surface area contributed by atoms with Gasteiger partial charge < -0.3 is 10.6 Å². The highest BCUT2D eigenvalue weighted by Gasteiger charge is 2.25. The molecule has 2 amide bonds. The molecule has 1 aliphatic heterocycles. The smallest absolute Gasteiger partial charge is 0.243 e. The van der Waals surface area contributed by atoms with Crippen LogP contribution in [-0.4, -0.2) is 18.4 Å². The topological polar surface area (TPSA) is 58.2 Å². The lowest BCUT2D eigenvalue weighted by Crippen LogP contribution is -2.38. The summed E-state index contributed by atoms with van der Waals surface area (Å²) >= 11 is 0. The van der Waals surface area contributed by atoms with E-state index in [0.29, 0.717) is 13.0 Å². The van der Waals surface area contributed by atoms with Gasteiger partial charge in [-0.2, -0.15) is 0 Å². The van der Waals surface area contributed by atoms with Gasteiger partial charge in [0.2, 0.25) is 11.8 Å². The molecule has 88 valence electrons. The highest BCUT2D eigenvalue weighted by Crippen LogP contribution is 2.24. The van der Waals surface area contributed by atoms with E-state index in [2.05, 4.69) is 17.2 Å². The third kappa shape index (κ3) is 2.53. The van der Waals surface area contributed by atoms with E-state index in [1.165, 1.54) is 6.08 Å². The minimum absolute atomic E-state index is 0.0481. The first-order valence-electron chi connectivity index (χ1n) is 5.49. The number of benzene rings is 1. The monoisotopic (exact) mass is 230 g/mol. The van der Waals surface area contributed by atoms with Gasteiger partial charge in [-0.25, -0.2) is 0 Å². The van der Waals surface area contributed by atoms with E-state index in [0.717, 1.165) is 11.3 Å². The summed E-state index contributed by atoms with van der Waals surface area (Å²) in [5, 5.41) is 5.48. The maximum Gasteiger partial charge on any atom is 0.243 e. The van der Waals surface area contributed by atoms with Crippen LogP contribution in [0.5, 0.6) is 0 Å². The zero-order valence-electron chi connectivity index (χ0n) is 9.40. The normalized spacial score (nSPS) is 17.9. The van der Waals surface area contributed by atoms with Crippen LogP contribution in [0.4, 0.5) is 5.69 Å². The van der Waals surface area contributed by atoms with Crippen LogP contribution in [0.15, 0.2) is 36.9 Å². The van der Waals surface area contributed by atoms with E-state index in [1.807, 2.05) is 24.3 Å². The number of hydrogen-bond donors (Lipinski definition) is 2. The molecule has 0 radical (unpaired) electrons. The third-order valence-corrected chi connectivity index (χ3v) is 2.82. The molecule has 1 unspecified atom stereocenters. The molecule has 2 rings (SSSR count). The van der Waals surface area contributed by atoms with Crippen LogP contribution in [0.2, 0.25) is 0 Å². The van der Waals surface area contributed by atoms with Crippen LogP contribution in [-0.2, 0) is 16.0 Å². The van der Waals surface area contributed by atoms with Crippen LogP contribution in [0, 0.1) is 5.92 Å². The first kappa shape index (κ1) is 11.4. The number of carbonyl (C=O) groups is 2. The van der Waals surface area contributed by atoms with Crippen LogP contribution in [0.3, 0.4) is 0 Å². The summed E-state index contributed by atoms with van der Waals surface area (Å²) in [6, 6.07) is 7.69. The molecule has 1 aliphatic rings. The average molecular weight is 230 g/mol. The largest absolute Gasteiger partial charge is 0.352 e. The first-order valence-corrected chi connectivity index (χ1v) is 5.49. The van der Waals surface area contributed by atoms with Crippen molar-refractivity contribution < 1.29 is 9.59 Å². The Hall–Kier alpha value is -2.10. The summed E-state index contributed by atoms with van der Waals surface area (Å²) in [5.74, 6) is -0.515. The average Bonchev–Trinajstić information content (AvgIpc) is 2.35. The van der Waals surface area contributed by atoms with E-state index >= 15 is 0 Å². The number of rotatable bonds is 3. The van der Waals surface area contributed by atoms with Gasteiger partial charge in [-0.1, -0.05) is 24.8 Å². The van der Waals surface area contributed by atoms with Gasteiger partial charge in [0.25, 0.3) is 0 Å². The molecule has 0 saturated carbocycles. The molecule has 0 aromatic heterocycles. The fourth-order valence-electron chi connectivity index (χ4n) is 1.87. The number of amides is 2. The number of nitrogens with one attached hydrogen (secondary N) is 2. The van der Waals surface area contributed by atoms with Crippen LogP contribution >= 0.6 is 0 Å². The lowest BCUT2D eigenvalue weighted by Gasteiger charge is -2.24. The predicted octanol–water partition coefficient (Wildman–Crippen LogP) is 1.10. The van der Waals surface area contributed by atoms with Crippen LogP contribution in [0.1, 0.15) is 5.56 Å². The van der Waals surface area contributed by atoms with Gasteiger partial charge >= 0.3 is 0 Å². The van der Waals surface area contributed by atoms with Crippen molar-refractivity contribution in [2.24, 2.45) is 5.92 Å². The van der Waals surface area contributed by atoms with Crippen molar-refractivity contribution in [3.63, 3.8) is 0 Å². The second kappa shape index (κ2) is 4.82. The van der Waals surface area contributed by atoms with E-state index < -0.39 is 0 Å². The van der Waals surface area contributed by atoms with Crippen molar-refractivity contribution in [1.82, 2.24) is 5.32 Å². The molecule has 1 atom stereocenters. The second-order valence-electron chi connectivity index (χ2n) is 4.00. The maximum atomic E-state index is 11.8. The van der Waals surface area contributed by atoms with Gasteiger partial charge in [0, 0.05) is 12.2 Å². The molecule has 2 N–H and O–H groups in total. The van der Waals surface area contributed by atoms with Gasteiger partial charge in [-0.3, -0.25) is 9.59 Å². The Morgan fingerprint density at radius 1 is 1.53 bits per heavy atom. The summed E-state index contributed by atoms with van der Waals surface area (Å²) in [5.41, 5.74) is 1.97. The highest BCUT2D eigenvalue weighted by molar-refractivity contribution is 5.96. The van der Waals surface area contributed by atoms with E-state index in [9.17, 15) is 9.59 Å². The van der Waals surface area contributed by atoms with Crippen molar-refractivity contribution in [3.05, 3.63) is 42.5 Å². The molecule has 0 spiro atoms. The van der Waals surface area contributed by atoms with Crippen molar-refractivity contribution in [3.8, 4) is 0 Å². The van der Waals surface area contributed by atoms with E-state index in [1.54, 1.807) is 0 Å². The van der Waals surface area contributed by atoms with Gasteiger partial charge in [-0.05, 0) is 24.1 Å². The number of para-hydroxylation sites is 1. The summed E-state index contributed by atoms with van der Waals surface area (Å²) in [7, 11) is 0. The lowest BCUT2D eigenvalue weighted by molar-refractivity contribution is -0.120. The number of carbonyl (C=O) groups excluding carboxylic acids is 2. The molecule has 1 aromatic rings. The van der Waals surface area contributed by atoms with Crippen molar-refractivity contribution in [1.29, 1.82) is 0 Å². The lowest BCUT2D eigenvalue weighted by atomic mass is 9.93. The van der Waals surface area contributed by atoms with Crippen molar-refractivity contribution in [2.45, 2.75) is 6.42 Å². The minimum Gasteiger partial charge on any atom is -0.352 e. The van der Waals surface area contributed by atoms with Gasteiger partial charge in [0.05, 0.1) is 5.92 Å². The molecule has 0 bridgehead atoms. The summed E-state index contributed by atoms with van der Waals surface area (Å²) in [6.45, 7) is 3.71. The Morgan fingerprint density at radius 3 is 3.06 bits per heavy atom. The van der Waals surface area contributed by atoms with Crippen molar-refractivity contribution in [2.75, 3.05) is 11.9 Å². The van der Waals surface area contributed by atoms with E-state index in [4.69, 9.17) is 0 Å². The summed E-state index contributed by atoms with van der Waals surface area (Å²) in [4.78, 5) is 22.8. The molecule has 4 heteroatoms. The fourth-order valence-corrected chi connectivity index (χ4v) is 1.87. The zero-order chi connectivity index (χ0) is 12.3. The molecule has 17 heavy (non-hydrogen) atoms. The van der Waals surface area contributed by atoms with Crippen LogP contribution < -0.4 is 10.6 Å². The number of fused-ring (bicyclic) bond motifs is 1. The number of hydrogen-bond acceptors (Lipinski definition) is 2. The first-order chi connectivity index (χ1) is 8.20. The van der Waals surface area contributed by atoms with Crippen molar-refractivity contribution >= 4 is 17.5 Å². The molecular formula is C13H14N2O2. The fraction of sp³-hybridized carbons (Fsp3) is 0.231. The minimum atomic E-state index is -0.253. The molecule has 4 nitrogen and oxygen atoms in total. The molecular weight excluding hydrogens is 216 g/mol. The van der Waals surface area contributed by atoms with Gasteiger partial charge in [0.1, 0.15) is 0 Å². The van der Waals surface area contributed by atoms with E-state index in [-0.39, 0.29) is 17.7 Å². The van der Waals surface area contributed by atoms with Crippen LogP contribution in [0.25, 0.3) is 0 Å². The Balaban J connectivity index is 2.05. The second-order valence-corrected chi connectivity index (χ2v) is 4.00. The Labute approximate surface area is 99.7 Å². The third-order valence-electron chi connectivity index (χ3n) is 2.82. The van der Waals surface area contributed by atoms with Gasteiger partial charge in [0.15, 0.2) is 0 Å². The Morgan fingerprint density at radius 2 is 2.29 bits per heavy atom.